The molecule has 0 atom stereocenters. The Morgan fingerprint density at radius 2 is 2.10 bits per heavy atom. The van der Waals surface area contributed by atoms with E-state index in [2.05, 4.69) is 10.3 Å². The number of ether oxygens (including phenoxy) is 1. The molecule has 0 fully saturated rings. The standard InChI is InChI=1S/C15H20N2O3/c1-3-12(4-2)17-14(18)11-20-15(19)9-8-13-7-5-6-10-16-13/h5-10,12H,3-4,11H2,1-2H3,(H,17,18)/b9-8-. The molecule has 0 aliphatic carbocycles. The van der Waals surface area contributed by atoms with Gasteiger partial charge >= 0.3 is 5.97 Å². The zero-order chi connectivity index (χ0) is 14.8. The zero-order valence-electron chi connectivity index (χ0n) is 11.8. The number of nitrogens with one attached hydrogen (secondary N) is 1. The number of pyridine rings is 1. The van der Waals surface area contributed by atoms with E-state index in [9.17, 15) is 9.59 Å². The first-order chi connectivity index (χ1) is 9.65. The zero-order valence-corrected chi connectivity index (χ0v) is 11.8. The van der Waals surface area contributed by atoms with Gasteiger partial charge in [0.15, 0.2) is 6.61 Å². The monoisotopic (exact) mass is 276 g/mol. The van der Waals surface area contributed by atoms with Crippen LogP contribution in [0, 0.1) is 0 Å². The molecule has 5 heteroatoms. The van der Waals surface area contributed by atoms with Gasteiger partial charge in [-0.15, -0.1) is 0 Å². The Kier molecular flexibility index (Phi) is 7.03. The second kappa shape index (κ2) is 8.85. The lowest BCUT2D eigenvalue weighted by atomic mass is 10.2. The van der Waals surface area contributed by atoms with Gasteiger partial charge in [-0.3, -0.25) is 9.78 Å². The van der Waals surface area contributed by atoms with Gasteiger partial charge in [0.05, 0.1) is 5.69 Å². The topological polar surface area (TPSA) is 68.3 Å². The van der Waals surface area contributed by atoms with E-state index in [1.165, 1.54) is 6.08 Å². The summed E-state index contributed by atoms with van der Waals surface area (Å²) in [5, 5.41) is 2.79. The summed E-state index contributed by atoms with van der Waals surface area (Å²) in [5.41, 5.74) is 0.658. The first-order valence-corrected chi connectivity index (χ1v) is 6.71. The number of esters is 1. The summed E-state index contributed by atoms with van der Waals surface area (Å²) < 4.78 is 4.85. The van der Waals surface area contributed by atoms with Crippen molar-refractivity contribution in [2.45, 2.75) is 32.7 Å². The fourth-order valence-electron chi connectivity index (χ4n) is 1.57. The van der Waals surface area contributed by atoms with Crippen LogP contribution in [0.1, 0.15) is 32.4 Å². The minimum absolute atomic E-state index is 0.130. The summed E-state index contributed by atoms with van der Waals surface area (Å²) in [6, 6.07) is 5.51. The fourth-order valence-corrected chi connectivity index (χ4v) is 1.57. The van der Waals surface area contributed by atoms with Crippen LogP contribution >= 0.6 is 0 Å². The highest BCUT2D eigenvalue weighted by Gasteiger charge is 2.09. The molecule has 0 aromatic carbocycles. The van der Waals surface area contributed by atoms with Crippen LogP contribution < -0.4 is 5.32 Å². The SMILES string of the molecule is CCC(CC)NC(=O)COC(=O)/C=C\c1ccccn1. The maximum absolute atomic E-state index is 11.5. The minimum Gasteiger partial charge on any atom is -0.452 e. The van der Waals surface area contributed by atoms with Gasteiger partial charge in [0, 0.05) is 18.3 Å². The Hall–Kier alpha value is -2.17. The number of nitrogens with zero attached hydrogens (tertiary/aromatic N) is 1. The molecule has 1 N–H and O–H groups in total. The van der Waals surface area contributed by atoms with Crippen LogP contribution in [0.4, 0.5) is 0 Å². The van der Waals surface area contributed by atoms with Crippen molar-refractivity contribution in [1.29, 1.82) is 0 Å². The van der Waals surface area contributed by atoms with E-state index >= 15 is 0 Å². The molecule has 1 rings (SSSR count). The molecule has 0 radical (unpaired) electrons. The third kappa shape index (κ3) is 6.13. The van der Waals surface area contributed by atoms with Crippen LogP contribution in [-0.2, 0) is 14.3 Å². The molecule has 1 aromatic rings. The summed E-state index contributed by atoms with van der Waals surface area (Å²) >= 11 is 0. The van der Waals surface area contributed by atoms with Crippen molar-refractivity contribution in [3.63, 3.8) is 0 Å². The number of carbonyl (C=O) groups is 2. The maximum atomic E-state index is 11.5. The van der Waals surface area contributed by atoms with Gasteiger partial charge < -0.3 is 10.1 Å². The van der Waals surface area contributed by atoms with E-state index in [0.29, 0.717) is 5.69 Å². The number of amides is 1. The molecule has 1 amide bonds. The van der Waals surface area contributed by atoms with Crippen molar-refractivity contribution in [3.8, 4) is 0 Å². The van der Waals surface area contributed by atoms with Gasteiger partial charge in [0.1, 0.15) is 0 Å². The van der Waals surface area contributed by atoms with Crippen molar-refractivity contribution in [3.05, 3.63) is 36.2 Å². The van der Waals surface area contributed by atoms with Gasteiger partial charge in [0.2, 0.25) is 0 Å². The second-order valence-corrected chi connectivity index (χ2v) is 4.28. The lowest BCUT2D eigenvalue weighted by Crippen LogP contribution is -2.36. The van der Waals surface area contributed by atoms with Crippen LogP contribution in [-0.4, -0.2) is 29.5 Å². The number of aromatic nitrogens is 1. The van der Waals surface area contributed by atoms with Crippen molar-refractivity contribution < 1.29 is 14.3 Å². The Morgan fingerprint density at radius 1 is 1.35 bits per heavy atom. The highest BCUT2D eigenvalue weighted by molar-refractivity contribution is 5.89. The molecule has 0 bridgehead atoms. The fraction of sp³-hybridized carbons (Fsp3) is 0.400. The Balaban J connectivity index is 2.33. The van der Waals surface area contributed by atoms with Crippen LogP contribution in [0.2, 0.25) is 0 Å². The molecular formula is C15H20N2O3. The minimum atomic E-state index is -0.560. The lowest BCUT2D eigenvalue weighted by Gasteiger charge is -2.14. The van der Waals surface area contributed by atoms with Crippen LogP contribution in [0.3, 0.4) is 0 Å². The Morgan fingerprint density at radius 3 is 2.70 bits per heavy atom. The summed E-state index contributed by atoms with van der Waals surface area (Å²) in [5.74, 6) is -0.839. The predicted octanol–water partition coefficient (Wildman–Crippen LogP) is 1.94. The molecule has 0 spiro atoms. The first kappa shape index (κ1) is 15.9. The van der Waals surface area contributed by atoms with E-state index < -0.39 is 5.97 Å². The largest absolute Gasteiger partial charge is 0.452 e. The summed E-state index contributed by atoms with van der Waals surface area (Å²) in [4.78, 5) is 27.0. The van der Waals surface area contributed by atoms with E-state index in [4.69, 9.17) is 4.74 Å². The molecule has 0 saturated heterocycles. The van der Waals surface area contributed by atoms with E-state index in [-0.39, 0.29) is 18.6 Å². The molecule has 5 nitrogen and oxygen atoms in total. The normalized spacial score (nSPS) is 10.8. The molecule has 1 aromatic heterocycles. The maximum Gasteiger partial charge on any atom is 0.331 e. The first-order valence-electron chi connectivity index (χ1n) is 6.71. The Bertz CT molecular complexity index is 453. The highest BCUT2D eigenvalue weighted by Crippen LogP contribution is 1.98. The molecule has 20 heavy (non-hydrogen) atoms. The predicted molar refractivity (Wildman–Crippen MR) is 76.7 cm³/mol. The van der Waals surface area contributed by atoms with Crippen LogP contribution in [0.15, 0.2) is 30.5 Å². The van der Waals surface area contributed by atoms with Gasteiger partial charge in [-0.2, -0.15) is 0 Å². The quantitative estimate of drug-likeness (QED) is 0.610. The molecule has 0 aliphatic rings. The number of carbonyl (C=O) groups excluding carboxylic acids is 2. The average Bonchev–Trinajstić information content (AvgIpc) is 2.49. The van der Waals surface area contributed by atoms with Crippen LogP contribution in [0.25, 0.3) is 6.08 Å². The molecule has 108 valence electrons. The van der Waals surface area contributed by atoms with Crippen molar-refractivity contribution in [2.24, 2.45) is 0 Å². The van der Waals surface area contributed by atoms with Crippen molar-refractivity contribution >= 4 is 18.0 Å². The highest BCUT2D eigenvalue weighted by atomic mass is 16.5. The third-order valence-electron chi connectivity index (χ3n) is 2.77. The smallest absolute Gasteiger partial charge is 0.331 e. The summed E-state index contributed by atoms with van der Waals surface area (Å²) in [7, 11) is 0. The molecule has 0 saturated carbocycles. The van der Waals surface area contributed by atoms with Gasteiger partial charge in [-0.05, 0) is 31.1 Å². The number of rotatable bonds is 7. The molecule has 1 heterocycles. The van der Waals surface area contributed by atoms with Crippen molar-refractivity contribution in [2.75, 3.05) is 6.61 Å². The average molecular weight is 276 g/mol. The number of hydrogen-bond donors (Lipinski definition) is 1. The molecular weight excluding hydrogens is 256 g/mol. The summed E-state index contributed by atoms with van der Waals surface area (Å²) in [6.45, 7) is 3.73. The molecule has 0 unspecified atom stereocenters. The van der Waals surface area contributed by atoms with Gasteiger partial charge in [-0.1, -0.05) is 19.9 Å². The molecule has 0 aliphatic heterocycles. The van der Waals surface area contributed by atoms with E-state index in [1.807, 2.05) is 19.9 Å². The lowest BCUT2D eigenvalue weighted by molar-refractivity contribution is -0.144. The third-order valence-corrected chi connectivity index (χ3v) is 2.77. The Labute approximate surface area is 119 Å². The van der Waals surface area contributed by atoms with Crippen LogP contribution in [0.5, 0.6) is 0 Å². The second-order valence-electron chi connectivity index (χ2n) is 4.28. The summed E-state index contributed by atoms with van der Waals surface area (Å²) in [6.07, 6.45) is 6.15. The van der Waals surface area contributed by atoms with Gasteiger partial charge in [0.25, 0.3) is 5.91 Å². The van der Waals surface area contributed by atoms with Crippen molar-refractivity contribution in [1.82, 2.24) is 10.3 Å². The van der Waals surface area contributed by atoms with E-state index in [1.54, 1.807) is 24.4 Å². The van der Waals surface area contributed by atoms with E-state index in [0.717, 1.165) is 12.8 Å². The number of hydrogen-bond acceptors (Lipinski definition) is 4. The van der Waals surface area contributed by atoms with Gasteiger partial charge in [-0.25, -0.2) is 4.79 Å².